The lowest BCUT2D eigenvalue weighted by Gasteiger charge is -2.05. The lowest BCUT2D eigenvalue weighted by molar-refractivity contribution is -0.143. The fourth-order valence-electron chi connectivity index (χ4n) is 1.99. The van der Waals surface area contributed by atoms with E-state index in [1.54, 1.807) is 48.5 Å². The zero-order valence-electron chi connectivity index (χ0n) is 15.0. The standard InChI is InChI=1S/C19H18ClN3O5/c1-27-19(26)12-28-16-4-2-3-13(9-16)11-21-23-18(25)10-17(24)22-15-7-5-14(20)6-8-15/h2-9,11H,10,12H2,1H3,(H,22,24)(H,23,25). The molecule has 28 heavy (non-hydrogen) atoms. The van der Waals surface area contributed by atoms with Crippen LogP contribution in [-0.4, -0.2) is 37.7 Å². The molecular weight excluding hydrogens is 386 g/mol. The van der Waals surface area contributed by atoms with E-state index in [-0.39, 0.29) is 13.0 Å². The van der Waals surface area contributed by atoms with Gasteiger partial charge in [-0.3, -0.25) is 9.59 Å². The summed E-state index contributed by atoms with van der Waals surface area (Å²) in [7, 11) is 1.27. The number of carbonyl (C=O) groups is 3. The van der Waals surface area contributed by atoms with Crippen LogP contribution in [-0.2, 0) is 19.1 Å². The van der Waals surface area contributed by atoms with Crippen LogP contribution >= 0.6 is 11.6 Å². The molecule has 2 rings (SSSR count). The molecule has 9 heteroatoms. The lowest BCUT2D eigenvalue weighted by Crippen LogP contribution is -2.24. The number of benzene rings is 2. The first-order valence-corrected chi connectivity index (χ1v) is 8.51. The highest BCUT2D eigenvalue weighted by molar-refractivity contribution is 6.30. The molecule has 0 radical (unpaired) electrons. The van der Waals surface area contributed by atoms with E-state index >= 15 is 0 Å². The Morgan fingerprint density at radius 1 is 1.11 bits per heavy atom. The van der Waals surface area contributed by atoms with E-state index in [4.69, 9.17) is 16.3 Å². The molecule has 0 saturated carbocycles. The van der Waals surface area contributed by atoms with Crippen molar-refractivity contribution in [2.45, 2.75) is 6.42 Å². The monoisotopic (exact) mass is 403 g/mol. The number of anilines is 1. The lowest BCUT2D eigenvalue weighted by atomic mass is 10.2. The highest BCUT2D eigenvalue weighted by atomic mass is 35.5. The Morgan fingerprint density at radius 2 is 1.86 bits per heavy atom. The number of hydrogen-bond acceptors (Lipinski definition) is 6. The molecule has 2 aromatic rings. The molecule has 0 saturated heterocycles. The number of hydrogen-bond donors (Lipinski definition) is 2. The van der Waals surface area contributed by atoms with E-state index in [0.29, 0.717) is 22.0 Å². The smallest absolute Gasteiger partial charge is 0.343 e. The summed E-state index contributed by atoms with van der Waals surface area (Å²) in [6.45, 7) is -0.212. The van der Waals surface area contributed by atoms with Crippen LogP contribution in [0.3, 0.4) is 0 Å². The van der Waals surface area contributed by atoms with Crippen LogP contribution < -0.4 is 15.5 Å². The molecule has 146 valence electrons. The second-order valence-electron chi connectivity index (χ2n) is 5.46. The summed E-state index contributed by atoms with van der Waals surface area (Å²) in [5.74, 6) is -1.10. The van der Waals surface area contributed by atoms with Crippen molar-refractivity contribution in [3.8, 4) is 5.75 Å². The fraction of sp³-hybridized carbons (Fsp3) is 0.158. The number of carbonyl (C=O) groups excluding carboxylic acids is 3. The van der Waals surface area contributed by atoms with Crippen molar-refractivity contribution >= 4 is 41.3 Å². The average molecular weight is 404 g/mol. The minimum absolute atomic E-state index is 0.212. The molecule has 8 nitrogen and oxygen atoms in total. The van der Waals surface area contributed by atoms with E-state index in [1.165, 1.54) is 13.3 Å². The highest BCUT2D eigenvalue weighted by Gasteiger charge is 2.09. The molecule has 0 atom stereocenters. The Labute approximate surface area is 166 Å². The molecule has 0 spiro atoms. The molecule has 0 heterocycles. The third-order valence-electron chi connectivity index (χ3n) is 3.29. The van der Waals surface area contributed by atoms with Crippen molar-refractivity contribution in [1.82, 2.24) is 5.43 Å². The number of amides is 2. The SMILES string of the molecule is COC(=O)COc1cccc(C=NNC(=O)CC(=O)Nc2ccc(Cl)cc2)c1. The Hall–Kier alpha value is -3.39. The van der Waals surface area contributed by atoms with E-state index < -0.39 is 17.8 Å². The molecule has 0 aliphatic carbocycles. The fourth-order valence-corrected chi connectivity index (χ4v) is 2.11. The van der Waals surface area contributed by atoms with Crippen LogP contribution in [0.5, 0.6) is 5.75 Å². The van der Waals surface area contributed by atoms with E-state index in [0.717, 1.165) is 0 Å². The van der Waals surface area contributed by atoms with Gasteiger partial charge in [0, 0.05) is 10.7 Å². The van der Waals surface area contributed by atoms with Crippen LogP contribution in [0.1, 0.15) is 12.0 Å². The van der Waals surface area contributed by atoms with Gasteiger partial charge in [0.2, 0.25) is 11.8 Å². The first kappa shape index (κ1) is 20.9. The molecule has 0 aromatic heterocycles. The zero-order valence-corrected chi connectivity index (χ0v) is 15.7. The second kappa shape index (κ2) is 10.7. The maximum absolute atomic E-state index is 11.8. The molecule has 0 unspecified atom stereocenters. The predicted molar refractivity (Wildman–Crippen MR) is 104 cm³/mol. The van der Waals surface area contributed by atoms with E-state index in [9.17, 15) is 14.4 Å². The highest BCUT2D eigenvalue weighted by Crippen LogP contribution is 2.13. The number of hydrazone groups is 1. The van der Waals surface area contributed by atoms with Gasteiger partial charge in [-0.2, -0.15) is 5.10 Å². The molecule has 0 aliphatic rings. The van der Waals surface area contributed by atoms with Crippen molar-refractivity contribution in [3.63, 3.8) is 0 Å². The van der Waals surface area contributed by atoms with Gasteiger partial charge in [0.1, 0.15) is 12.2 Å². The first-order valence-electron chi connectivity index (χ1n) is 8.13. The van der Waals surface area contributed by atoms with Crippen molar-refractivity contribution in [1.29, 1.82) is 0 Å². The Kier molecular flexibility index (Phi) is 7.98. The van der Waals surface area contributed by atoms with Crippen molar-refractivity contribution in [3.05, 3.63) is 59.1 Å². The predicted octanol–water partition coefficient (Wildman–Crippen LogP) is 2.37. The van der Waals surface area contributed by atoms with Crippen LogP contribution in [0.2, 0.25) is 5.02 Å². The third-order valence-corrected chi connectivity index (χ3v) is 3.55. The topological polar surface area (TPSA) is 106 Å². The molecular formula is C19H18ClN3O5. The molecule has 2 N–H and O–H groups in total. The normalized spacial score (nSPS) is 10.4. The number of ether oxygens (including phenoxy) is 2. The van der Waals surface area contributed by atoms with Crippen molar-refractivity contribution in [2.75, 3.05) is 19.0 Å². The van der Waals surface area contributed by atoms with Gasteiger partial charge in [-0.1, -0.05) is 23.7 Å². The molecule has 0 bridgehead atoms. The van der Waals surface area contributed by atoms with Crippen LogP contribution in [0.15, 0.2) is 53.6 Å². The van der Waals surface area contributed by atoms with Crippen molar-refractivity contribution < 1.29 is 23.9 Å². The molecule has 0 aliphatic heterocycles. The summed E-state index contributed by atoms with van der Waals surface area (Å²) in [5, 5.41) is 6.92. The molecule has 0 fully saturated rings. The maximum Gasteiger partial charge on any atom is 0.343 e. The van der Waals surface area contributed by atoms with Gasteiger partial charge in [-0.05, 0) is 42.0 Å². The minimum Gasteiger partial charge on any atom is -0.482 e. The van der Waals surface area contributed by atoms with E-state index in [1.807, 2.05) is 0 Å². The Morgan fingerprint density at radius 3 is 2.57 bits per heavy atom. The van der Waals surface area contributed by atoms with Crippen molar-refractivity contribution in [2.24, 2.45) is 5.10 Å². The van der Waals surface area contributed by atoms with Crippen LogP contribution in [0, 0.1) is 0 Å². The van der Waals surface area contributed by atoms with Gasteiger partial charge in [0.05, 0.1) is 13.3 Å². The van der Waals surface area contributed by atoms with Crippen LogP contribution in [0.25, 0.3) is 0 Å². The second-order valence-corrected chi connectivity index (χ2v) is 5.90. The van der Waals surface area contributed by atoms with Gasteiger partial charge in [0.25, 0.3) is 0 Å². The third kappa shape index (κ3) is 7.46. The average Bonchev–Trinajstić information content (AvgIpc) is 2.68. The quantitative estimate of drug-likeness (QED) is 0.304. The Balaban J connectivity index is 1.80. The summed E-state index contributed by atoms with van der Waals surface area (Å²) in [6, 6.07) is 13.3. The number of nitrogens with one attached hydrogen (secondary N) is 2. The summed E-state index contributed by atoms with van der Waals surface area (Å²) in [5.41, 5.74) is 3.44. The Bertz CT molecular complexity index is 868. The first-order chi connectivity index (χ1) is 13.5. The van der Waals surface area contributed by atoms with Gasteiger partial charge in [0.15, 0.2) is 6.61 Å². The van der Waals surface area contributed by atoms with Gasteiger partial charge in [-0.25, -0.2) is 10.2 Å². The number of methoxy groups -OCH3 is 1. The van der Waals surface area contributed by atoms with Gasteiger partial charge >= 0.3 is 5.97 Å². The minimum atomic E-state index is -0.569. The molecule has 2 amide bonds. The van der Waals surface area contributed by atoms with Crippen LogP contribution in [0.4, 0.5) is 5.69 Å². The van der Waals surface area contributed by atoms with Gasteiger partial charge in [-0.15, -0.1) is 0 Å². The summed E-state index contributed by atoms with van der Waals surface area (Å²) in [6.07, 6.45) is 1.00. The number of rotatable bonds is 8. The summed E-state index contributed by atoms with van der Waals surface area (Å²) < 4.78 is 9.75. The molecule has 2 aromatic carbocycles. The number of halogens is 1. The number of esters is 1. The largest absolute Gasteiger partial charge is 0.482 e. The van der Waals surface area contributed by atoms with E-state index in [2.05, 4.69) is 20.6 Å². The zero-order chi connectivity index (χ0) is 20.4. The summed E-state index contributed by atoms with van der Waals surface area (Å²) >= 11 is 5.77. The van der Waals surface area contributed by atoms with Gasteiger partial charge < -0.3 is 14.8 Å². The maximum atomic E-state index is 11.8. The number of nitrogens with zero attached hydrogens (tertiary/aromatic N) is 1. The summed E-state index contributed by atoms with van der Waals surface area (Å²) in [4.78, 5) is 34.7.